The van der Waals surface area contributed by atoms with Crippen molar-refractivity contribution in [2.45, 2.75) is 17.9 Å². The summed E-state index contributed by atoms with van der Waals surface area (Å²) in [6.45, 7) is 1.50. The van der Waals surface area contributed by atoms with Crippen molar-refractivity contribution in [3.05, 3.63) is 76.8 Å². The molecule has 0 aliphatic rings. The van der Waals surface area contributed by atoms with E-state index in [0.29, 0.717) is 10.6 Å². The van der Waals surface area contributed by atoms with Gasteiger partial charge in [-0.05, 0) is 42.0 Å². The first kappa shape index (κ1) is 20.3. The van der Waals surface area contributed by atoms with Crippen LogP contribution in [0.1, 0.15) is 6.92 Å². The van der Waals surface area contributed by atoms with Crippen molar-refractivity contribution in [1.82, 2.24) is 0 Å². The van der Waals surface area contributed by atoms with E-state index < -0.39 is 22.9 Å². The van der Waals surface area contributed by atoms with Gasteiger partial charge in [0.25, 0.3) is 11.6 Å². The number of benzene rings is 3. The van der Waals surface area contributed by atoms with Crippen LogP contribution < -0.4 is 5.32 Å². The molecule has 3 rings (SSSR count). The molecule has 0 saturated carbocycles. The second-order valence-electron chi connectivity index (χ2n) is 6.22. The second kappa shape index (κ2) is 9.20. The first-order valence-electron chi connectivity index (χ1n) is 8.79. The number of amides is 1. The molecule has 0 spiro atoms. The molecule has 0 saturated heterocycles. The molecule has 3 aromatic carbocycles. The summed E-state index contributed by atoms with van der Waals surface area (Å²) in [4.78, 5) is 35.2. The Labute approximate surface area is 171 Å². The number of hydrogen-bond donors (Lipinski definition) is 1. The Kier molecular flexibility index (Phi) is 6.46. The molecule has 0 bridgehead atoms. The minimum Gasteiger partial charge on any atom is -0.452 e. The monoisotopic (exact) mass is 410 g/mol. The third-order valence-corrected chi connectivity index (χ3v) is 5.08. The molecule has 0 fully saturated rings. The lowest BCUT2D eigenvalue weighted by molar-refractivity contribution is -0.384. The number of esters is 1. The Bertz CT molecular complexity index is 1050. The van der Waals surface area contributed by atoms with E-state index in [0.717, 1.165) is 10.8 Å². The van der Waals surface area contributed by atoms with Gasteiger partial charge in [0.05, 0.1) is 10.7 Å². The molecule has 0 heterocycles. The number of carbonyl (C=O) groups excluding carboxylic acids is 2. The number of ether oxygens (including phenoxy) is 1. The minimum absolute atomic E-state index is 0.00853. The van der Waals surface area contributed by atoms with E-state index in [9.17, 15) is 19.7 Å². The normalized spacial score (nSPS) is 11.6. The largest absolute Gasteiger partial charge is 0.452 e. The molecule has 29 heavy (non-hydrogen) atoms. The highest BCUT2D eigenvalue weighted by Gasteiger charge is 2.18. The summed E-state index contributed by atoms with van der Waals surface area (Å²) in [7, 11) is 0. The SMILES string of the molecule is C[C@@H](OC(=O)CSc1ccc([N+](=O)[O-])cc1)C(=O)Nc1ccc2ccccc2c1. The zero-order valence-electron chi connectivity index (χ0n) is 15.5. The maximum atomic E-state index is 12.3. The molecular weight excluding hydrogens is 392 g/mol. The summed E-state index contributed by atoms with van der Waals surface area (Å²) in [5, 5.41) is 15.4. The van der Waals surface area contributed by atoms with E-state index in [4.69, 9.17) is 4.74 Å². The third-order valence-electron chi connectivity index (χ3n) is 4.10. The summed E-state index contributed by atoms with van der Waals surface area (Å²) in [6, 6.07) is 19.2. The number of fused-ring (bicyclic) bond motifs is 1. The molecule has 0 aromatic heterocycles. The van der Waals surface area contributed by atoms with E-state index in [1.165, 1.54) is 30.8 Å². The fraction of sp³-hybridized carbons (Fsp3) is 0.143. The molecule has 1 N–H and O–H groups in total. The summed E-state index contributed by atoms with van der Waals surface area (Å²) < 4.78 is 5.18. The number of nitro benzene ring substituents is 1. The van der Waals surface area contributed by atoms with Crippen LogP contribution >= 0.6 is 11.8 Å². The minimum atomic E-state index is -0.952. The van der Waals surface area contributed by atoms with Crippen molar-refractivity contribution in [3.8, 4) is 0 Å². The maximum Gasteiger partial charge on any atom is 0.317 e. The van der Waals surface area contributed by atoms with Gasteiger partial charge >= 0.3 is 5.97 Å². The van der Waals surface area contributed by atoms with Crippen molar-refractivity contribution in [2.75, 3.05) is 11.1 Å². The van der Waals surface area contributed by atoms with Crippen LogP contribution in [-0.2, 0) is 14.3 Å². The predicted molar refractivity (Wildman–Crippen MR) is 112 cm³/mol. The lowest BCUT2D eigenvalue weighted by Crippen LogP contribution is -2.30. The van der Waals surface area contributed by atoms with Crippen LogP contribution in [-0.4, -0.2) is 28.7 Å². The summed E-state index contributed by atoms with van der Waals surface area (Å²) in [6.07, 6.45) is -0.952. The van der Waals surface area contributed by atoms with Crippen molar-refractivity contribution in [2.24, 2.45) is 0 Å². The smallest absolute Gasteiger partial charge is 0.317 e. The number of nitrogens with one attached hydrogen (secondary N) is 1. The molecular formula is C21H18N2O5S. The predicted octanol–water partition coefficient (Wildman–Crippen LogP) is 4.41. The van der Waals surface area contributed by atoms with Crippen LogP contribution in [0, 0.1) is 10.1 Å². The van der Waals surface area contributed by atoms with Gasteiger partial charge in [0.15, 0.2) is 6.10 Å². The number of nitrogens with zero attached hydrogens (tertiary/aromatic N) is 1. The van der Waals surface area contributed by atoms with Gasteiger partial charge in [-0.15, -0.1) is 11.8 Å². The van der Waals surface area contributed by atoms with E-state index in [1.807, 2.05) is 36.4 Å². The molecule has 8 heteroatoms. The molecule has 148 valence electrons. The van der Waals surface area contributed by atoms with Crippen molar-refractivity contribution >= 4 is 45.8 Å². The molecule has 3 aromatic rings. The maximum absolute atomic E-state index is 12.3. The fourth-order valence-corrected chi connectivity index (χ4v) is 3.28. The average Bonchev–Trinajstić information content (AvgIpc) is 2.72. The van der Waals surface area contributed by atoms with E-state index >= 15 is 0 Å². The highest BCUT2D eigenvalue weighted by atomic mass is 32.2. The van der Waals surface area contributed by atoms with Crippen LogP contribution in [0.2, 0.25) is 0 Å². The third kappa shape index (κ3) is 5.55. The van der Waals surface area contributed by atoms with Crippen LogP contribution in [0.4, 0.5) is 11.4 Å². The summed E-state index contributed by atoms with van der Waals surface area (Å²) >= 11 is 1.18. The lowest BCUT2D eigenvalue weighted by atomic mass is 10.1. The highest BCUT2D eigenvalue weighted by molar-refractivity contribution is 8.00. The Morgan fingerprint density at radius 3 is 2.45 bits per heavy atom. The molecule has 7 nitrogen and oxygen atoms in total. The van der Waals surface area contributed by atoms with Crippen LogP contribution in [0.25, 0.3) is 10.8 Å². The summed E-state index contributed by atoms with van der Waals surface area (Å²) in [5.74, 6) is -0.978. The lowest BCUT2D eigenvalue weighted by Gasteiger charge is -2.14. The molecule has 1 atom stereocenters. The number of anilines is 1. The topological polar surface area (TPSA) is 98.5 Å². The number of nitro groups is 1. The van der Waals surface area contributed by atoms with Gasteiger partial charge < -0.3 is 10.1 Å². The molecule has 0 unspecified atom stereocenters. The van der Waals surface area contributed by atoms with E-state index in [1.54, 1.807) is 18.2 Å². The van der Waals surface area contributed by atoms with Crippen molar-refractivity contribution in [1.29, 1.82) is 0 Å². The molecule has 0 aliphatic heterocycles. The highest BCUT2D eigenvalue weighted by Crippen LogP contribution is 2.22. The number of rotatable bonds is 7. The van der Waals surface area contributed by atoms with Gasteiger partial charge in [0.2, 0.25) is 0 Å². The quantitative estimate of drug-likeness (QED) is 0.268. The molecule has 0 radical (unpaired) electrons. The van der Waals surface area contributed by atoms with E-state index in [2.05, 4.69) is 5.32 Å². The first-order chi connectivity index (χ1) is 13.9. The zero-order chi connectivity index (χ0) is 20.8. The number of hydrogen-bond acceptors (Lipinski definition) is 6. The van der Waals surface area contributed by atoms with Gasteiger partial charge in [-0.3, -0.25) is 19.7 Å². The number of thioether (sulfide) groups is 1. The van der Waals surface area contributed by atoms with Gasteiger partial charge in [-0.2, -0.15) is 0 Å². The molecule has 1 amide bonds. The van der Waals surface area contributed by atoms with Gasteiger partial charge in [0, 0.05) is 22.7 Å². The fourth-order valence-electron chi connectivity index (χ4n) is 2.60. The first-order valence-corrected chi connectivity index (χ1v) is 9.77. The Balaban J connectivity index is 1.50. The Morgan fingerprint density at radius 1 is 1.07 bits per heavy atom. The summed E-state index contributed by atoms with van der Waals surface area (Å²) in [5.41, 5.74) is 0.604. The Morgan fingerprint density at radius 2 is 1.76 bits per heavy atom. The Hall–Kier alpha value is -3.39. The van der Waals surface area contributed by atoms with Gasteiger partial charge in [0.1, 0.15) is 0 Å². The van der Waals surface area contributed by atoms with Crippen LogP contribution in [0.3, 0.4) is 0 Å². The standard InChI is InChI=1S/C21H18N2O5S/c1-14(21(25)22-17-7-6-15-4-2-3-5-16(15)12-17)28-20(24)13-29-19-10-8-18(9-11-19)23(26)27/h2-12,14H,13H2,1H3,(H,22,25)/t14-/m1/s1. The van der Waals surface area contributed by atoms with Gasteiger partial charge in [-0.1, -0.05) is 30.3 Å². The average molecular weight is 410 g/mol. The van der Waals surface area contributed by atoms with E-state index in [-0.39, 0.29) is 11.4 Å². The van der Waals surface area contributed by atoms with Gasteiger partial charge in [-0.25, -0.2) is 0 Å². The van der Waals surface area contributed by atoms with Crippen molar-refractivity contribution < 1.29 is 19.2 Å². The number of non-ortho nitro benzene ring substituents is 1. The zero-order valence-corrected chi connectivity index (χ0v) is 16.3. The molecule has 0 aliphatic carbocycles. The number of carbonyl (C=O) groups is 2. The second-order valence-corrected chi connectivity index (χ2v) is 7.27. The van der Waals surface area contributed by atoms with Crippen molar-refractivity contribution in [3.63, 3.8) is 0 Å². The van der Waals surface area contributed by atoms with Crippen LogP contribution in [0.5, 0.6) is 0 Å². The van der Waals surface area contributed by atoms with Crippen LogP contribution in [0.15, 0.2) is 71.6 Å².